The van der Waals surface area contributed by atoms with Gasteiger partial charge in [-0.1, -0.05) is 73.9 Å². The SMILES string of the molecule is C[Si](C)(C1=CCC=C1)[Si](C)(C)C1C=CC=C1. The van der Waals surface area contributed by atoms with Crippen molar-refractivity contribution in [3.63, 3.8) is 0 Å². The third-order valence-corrected chi connectivity index (χ3v) is 23.3. The molecule has 0 bridgehead atoms. The molecule has 0 atom stereocenters. The quantitative estimate of drug-likeness (QED) is 0.647. The molecular formula is C14H22Si2. The molecule has 0 heterocycles. The van der Waals surface area contributed by atoms with Crippen LogP contribution in [-0.2, 0) is 0 Å². The number of rotatable bonds is 3. The molecule has 2 heteroatoms. The molecule has 0 fully saturated rings. The van der Waals surface area contributed by atoms with E-state index in [-0.39, 0.29) is 0 Å². The predicted molar refractivity (Wildman–Crippen MR) is 78.8 cm³/mol. The van der Waals surface area contributed by atoms with Crippen molar-refractivity contribution >= 4 is 15.2 Å². The maximum absolute atomic E-state index is 2.58. The molecule has 0 aliphatic heterocycles. The second kappa shape index (κ2) is 4.00. The minimum atomic E-state index is -1.25. The lowest BCUT2D eigenvalue weighted by molar-refractivity contribution is 1.32. The van der Waals surface area contributed by atoms with E-state index in [0.717, 1.165) is 12.0 Å². The van der Waals surface area contributed by atoms with Crippen LogP contribution in [0.1, 0.15) is 6.42 Å². The van der Waals surface area contributed by atoms with Crippen LogP contribution in [0.2, 0.25) is 31.7 Å². The molecule has 0 saturated carbocycles. The van der Waals surface area contributed by atoms with Gasteiger partial charge in [-0.2, -0.15) is 0 Å². The highest BCUT2D eigenvalue weighted by atomic mass is 29.3. The molecule has 0 saturated heterocycles. The van der Waals surface area contributed by atoms with E-state index in [1.54, 1.807) is 5.20 Å². The highest BCUT2D eigenvalue weighted by Gasteiger charge is 2.46. The summed E-state index contributed by atoms with van der Waals surface area (Å²) >= 11 is 0. The van der Waals surface area contributed by atoms with E-state index in [1.807, 2.05) is 0 Å². The van der Waals surface area contributed by atoms with Crippen molar-refractivity contribution in [1.82, 2.24) is 0 Å². The minimum absolute atomic E-state index is 0.754. The minimum Gasteiger partial charge on any atom is -0.0818 e. The van der Waals surface area contributed by atoms with Crippen molar-refractivity contribution in [3.8, 4) is 0 Å². The first kappa shape index (κ1) is 11.9. The summed E-state index contributed by atoms with van der Waals surface area (Å²) < 4.78 is 0. The fourth-order valence-corrected chi connectivity index (χ4v) is 12.4. The summed E-state index contributed by atoms with van der Waals surface area (Å²) in [5.41, 5.74) is 0.754. The molecule has 2 aliphatic carbocycles. The Balaban J connectivity index is 2.31. The van der Waals surface area contributed by atoms with Gasteiger partial charge < -0.3 is 0 Å². The van der Waals surface area contributed by atoms with Crippen LogP contribution in [0.15, 0.2) is 47.7 Å². The van der Waals surface area contributed by atoms with E-state index in [9.17, 15) is 0 Å². The van der Waals surface area contributed by atoms with Crippen LogP contribution < -0.4 is 0 Å². The predicted octanol–water partition coefficient (Wildman–Crippen LogP) is 4.40. The zero-order valence-corrected chi connectivity index (χ0v) is 12.8. The van der Waals surface area contributed by atoms with Crippen molar-refractivity contribution in [2.75, 3.05) is 0 Å². The van der Waals surface area contributed by atoms with Crippen LogP contribution in [0.5, 0.6) is 0 Å². The van der Waals surface area contributed by atoms with Gasteiger partial charge in [-0.3, -0.25) is 0 Å². The first-order valence-electron chi connectivity index (χ1n) is 6.18. The summed E-state index contributed by atoms with van der Waals surface area (Å²) in [6.45, 7) is 10.3. The molecule has 0 spiro atoms. The molecule has 0 N–H and O–H groups in total. The summed E-state index contributed by atoms with van der Waals surface area (Å²) in [5.74, 6) is 0. The van der Waals surface area contributed by atoms with Crippen LogP contribution in [0.3, 0.4) is 0 Å². The molecule has 0 amide bonds. The molecule has 0 aromatic heterocycles. The molecule has 0 nitrogen and oxygen atoms in total. The van der Waals surface area contributed by atoms with Gasteiger partial charge in [0.1, 0.15) is 0 Å². The zero-order valence-electron chi connectivity index (χ0n) is 10.8. The smallest absolute Gasteiger partial charge is 0.0744 e. The van der Waals surface area contributed by atoms with Gasteiger partial charge in [0.15, 0.2) is 0 Å². The average molecular weight is 247 g/mol. The van der Waals surface area contributed by atoms with Crippen molar-refractivity contribution in [1.29, 1.82) is 0 Å². The standard InChI is InChI=1S/C14H22Si2/c1-15(2,13-9-5-6-10-13)16(3,4)14-11-7-8-12-14/h5-7,9-13H,8H2,1-4H3. The van der Waals surface area contributed by atoms with Crippen LogP contribution in [-0.4, -0.2) is 15.2 Å². The highest BCUT2D eigenvalue weighted by Crippen LogP contribution is 2.39. The van der Waals surface area contributed by atoms with Crippen LogP contribution in [0.25, 0.3) is 0 Å². The third kappa shape index (κ3) is 1.74. The fraction of sp³-hybridized carbons (Fsp3) is 0.429. The van der Waals surface area contributed by atoms with Crippen molar-refractivity contribution < 1.29 is 0 Å². The summed E-state index contributed by atoms with van der Waals surface area (Å²) in [6.07, 6.45) is 17.6. The maximum atomic E-state index is 2.58. The van der Waals surface area contributed by atoms with E-state index in [1.165, 1.54) is 0 Å². The van der Waals surface area contributed by atoms with E-state index in [0.29, 0.717) is 0 Å². The largest absolute Gasteiger partial charge is 0.0818 e. The topological polar surface area (TPSA) is 0 Å². The van der Waals surface area contributed by atoms with Gasteiger partial charge in [0.25, 0.3) is 0 Å². The Bertz CT molecular complexity index is 383. The summed E-state index contributed by atoms with van der Waals surface area (Å²) in [7, 11) is -2.47. The van der Waals surface area contributed by atoms with E-state index in [2.05, 4.69) is 68.7 Å². The average Bonchev–Trinajstić information content (AvgIpc) is 2.91. The highest BCUT2D eigenvalue weighted by molar-refractivity contribution is 7.44. The molecule has 86 valence electrons. The number of hydrogen-bond donors (Lipinski definition) is 0. The summed E-state index contributed by atoms with van der Waals surface area (Å²) in [6, 6.07) is 0. The Morgan fingerprint density at radius 1 is 1.06 bits per heavy atom. The van der Waals surface area contributed by atoms with Gasteiger partial charge in [-0.05, 0) is 12.0 Å². The lowest BCUT2D eigenvalue weighted by Crippen LogP contribution is -2.58. The zero-order chi connectivity index (χ0) is 11.8. The molecule has 0 aromatic carbocycles. The Kier molecular flexibility index (Phi) is 2.97. The normalized spacial score (nSPS) is 20.9. The Hall–Kier alpha value is -0.606. The first-order valence-corrected chi connectivity index (χ1v) is 13.3. The van der Waals surface area contributed by atoms with E-state index >= 15 is 0 Å². The van der Waals surface area contributed by atoms with E-state index < -0.39 is 15.2 Å². The van der Waals surface area contributed by atoms with Gasteiger partial charge in [0.05, 0.1) is 15.2 Å². The Morgan fingerprint density at radius 3 is 2.19 bits per heavy atom. The third-order valence-electron chi connectivity index (χ3n) is 4.69. The number of allylic oxidation sites excluding steroid dienone is 8. The second-order valence-electron chi connectivity index (χ2n) is 5.94. The lowest BCUT2D eigenvalue weighted by Gasteiger charge is -2.42. The van der Waals surface area contributed by atoms with Gasteiger partial charge in [-0.15, -0.1) is 0 Å². The molecule has 0 aromatic rings. The maximum Gasteiger partial charge on any atom is 0.0744 e. The van der Waals surface area contributed by atoms with Gasteiger partial charge >= 0.3 is 0 Å². The molecule has 0 unspecified atom stereocenters. The Morgan fingerprint density at radius 2 is 1.69 bits per heavy atom. The van der Waals surface area contributed by atoms with Crippen molar-refractivity contribution in [2.45, 2.75) is 38.2 Å². The molecule has 16 heavy (non-hydrogen) atoms. The second-order valence-corrected chi connectivity index (χ2v) is 21.5. The molecular weight excluding hydrogens is 224 g/mol. The van der Waals surface area contributed by atoms with Crippen molar-refractivity contribution in [3.05, 3.63) is 47.7 Å². The monoisotopic (exact) mass is 246 g/mol. The van der Waals surface area contributed by atoms with Crippen molar-refractivity contribution in [2.24, 2.45) is 0 Å². The van der Waals surface area contributed by atoms with Crippen LogP contribution in [0, 0.1) is 0 Å². The number of hydrogen-bond acceptors (Lipinski definition) is 0. The van der Waals surface area contributed by atoms with Gasteiger partial charge in [0, 0.05) is 0 Å². The lowest BCUT2D eigenvalue weighted by atomic mass is 10.5. The molecule has 0 radical (unpaired) electrons. The van der Waals surface area contributed by atoms with Gasteiger partial charge in [0.2, 0.25) is 0 Å². The van der Waals surface area contributed by atoms with Crippen LogP contribution in [0.4, 0.5) is 0 Å². The molecule has 2 rings (SSSR count). The Labute approximate surface area is 101 Å². The van der Waals surface area contributed by atoms with E-state index in [4.69, 9.17) is 0 Å². The van der Waals surface area contributed by atoms with Gasteiger partial charge in [-0.25, -0.2) is 0 Å². The first-order chi connectivity index (χ1) is 7.46. The summed E-state index contributed by atoms with van der Waals surface area (Å²) in [4.78, 5) is 0. The molecule has 2 aliphatic rings. The summed E-state index contributed by atoms with van der Waals surface area (Å²) in [5, 5.41) is 1.69. The van der Waals surface area contributed by atoms with Crippen LogP contribution >= 0.6 is 0 Å². The fourth-order valence-electron chi connectivity index (χ4n) is 2.62.